The van der Waals surface area contributed by atoms with Crippen molar-refractivity contribution < 1.29 is 9.18 Å². The maximum Gasteiger partial charge on any atom is 0.271 e. The van der Waals surface area contributed by atoms with Gasteiger partial charge in [-0.25, -0.2) is 4.39 Å². The van der Waals surface area contributed by atoms with E-state index in [9.17, 15) is 14.0 Å². The number of aromatic nitrogens is 5. The van der Waals surface area contributed by atoms with Crippen LogP contribution in [0.3, 0.4) is 0 Å². The minimum atomic E-state index is -0.506. The van der Waals surface area contributed by atoms with Crippen LogP contribution in [0.5, 0.6) is 0 Å². The van der Waals surface area contributed by atoms with Crippen molar-refractivity contribution in [2.24, 2.45) is 0 Å². The number of hydrogen-bond acceptors (Lipinski definition) is 6. The van der Waals surface area contributed by atoms with Gasteiger partial charge in [0.25, 0.3) is 11.3 Å². The predicted molar refractivity (Wildman–Crippen MR) is 77.2 cm³/mol. The van der Waals surface area contributed by atoms with Gasteiger partial charge in [-0.2, -0.15) is 9.61 Å². The average Bonchev–Trinajstić information content (AvgIpc) is 2.89. The first-order valence-corrected chi connectivity index (χ1v) is 7.10. The first-order valence-electron chi connectivity index (χ1n) is 6.11. The van der Waals surface area contributed by atoms with Gasteiger partial charge in [0.15, 0.2) is 0 Å². The Morgan fingerprint density at radius 2 is 2.18 bits per heavy atom. The first kappa shape index (κ1) is 14.2. The first-order chi connectivity index (χ1) is 10.6. The summed E-state index contributed by atoms with van der Waals surface area (Å²) in [6.07, 6.45) is 1.08. The highest BCUT2D eigenvalue weighted by molar-refractivity contribution is 7.99. The Morgan fingerprint density at radius 3 is 3.00 bits per heavy atom. The second-order valence-corrected chi connectivity index (χ2v) is 5.11. The van der Waals surface area contributed by atoms with Crippen molar-refractivity contribution in [2.45, 2.75) is 5.16 Å². The molecule has 1 aromatic carbocycles. The molecule has 0 unspecified atom stereocenters. The normalized spacial score (nSPS) is 10.8. The zero-order valence-corrected chi connectivity index (χ0v) is 11.8. The van der Waals surface area contributed by atoms with E-state index in [1.54, 1.807) is 6.07 Å². The molecule has 3 aromatic rings. The van der Waals surface area contributed by atoms with Crippen LogP contribution in [0.4, 0.5) is 10.1 Å². The van der Waals surface area contributed by atoms with Crippen molar-refractivity contribution in [3.05, 3.63) is 46.6 Å². The van der Waals surface area contributed by atoms with Crippen LogP contribution in [0.2, 0.25) is 0 Å². The monoisotopic (exact) mass is 320 g/mol. The lowest BCUT2D eigenvalue weighted by Crippen LogP contribution is -2.15. The van der Waals surface area contributed by atoms with Gasteiger partial charge in [-0.1, -0.05) is 23.9 Å². The Balaban J connectivity index is 1.68. The van der Waals surface area contributed by atoms with Crippen molar-refractivity contribution in [2.75, 3.05) is 11.1 Å². The van der Waals surface area contributed by atoms with Crippen molar-refractivity contribution in [1.82, 2.24) is 24.8 Å². The summed E-state index contributed by atoms with van der Waals surface area (Å²) in [6.45, 7) is 0. The lowest BCUT2D eigenvalue weighted by Gasteiger charge is -2.05. The van der Waals surface area contributed by atoms with Gasteiger partial charge in [0.1, 0.15) is 12.0 Å². The van der Waals surface area contributed by atoms with E-state index in [1.807, 2.05) is 0 Å². The quantitative estimate of drug-likeness (QED) is 0.685. The maximum absolute atomic E-state index is 13.4. The van der Waals surface area contributed by atoms with Gasteiger partial charge >= 0.3 is 0 Å². The van der Waals surface area contributed by atoms with Gasteiger partial charge in [-0.05, 0) is 12.1 Å². The lowest BCUT2D eigenvalue weighted by molar-refractivity contribution is -0.113. The smallest absolute Gasteiger partial charge is 0.271 e. The molecule has 0 aliphatic heterocycles. The molecule has 0 saturated heterocycles. The molecule has 0 radical (unpaired) electrons. The molecular formula is C12H9FN6O2S. The second-order valence-electron chi connectivity index (χ2n) is 4.17. The van der Waals surface area contributed by atoms with E-state index in [0.29, 0.717) is 5.16 Å². The van der Waals surface area contributed by atoms with Gasteiger partial charge in [-0.3, -0.25) is 14.6 Å². The number of nitrogens with one attached hydrogen (secondary N) is 2. The Morgan fingerprint density at radius 1 is 1.36 bits per heavy atom. The molecule has 2 heterocycles. The fourth-order valence-corrected chi connectivity index (χ4v) is 2.36. The third-order valence-corrected chi connectivity index (χ3v) is 3.54. The summed E-state index contributed by atoms with van der Waals surface area (Å²) < 4.78 is 14.7. The standard InChI is InChI=1S/C12H9FN6O2S/c13-7-3-1-2-4-8(7)15-10(21)6-22-12-18-17-11-16-9(20)5-14-19(11)12/h1-5H,6H2,(H,15,21)(H,16,17,20). The molecular weight excluding hydrogens is 311 g/mol. The SMILES string of the molecule is O=C(CSc1nnc2[nH]c(=O)cnn12)Nc1ccccc1F. The number of anilines is 1. The maximum atomic E-state index is 13.4. The average molecular weight is 320 g/mol. The minimum Gasteiger partial charge on any atom is -0.323 e. The summed E-state index contributed by atoms with van der Waals surface area (Å²) in [5.74, 6) is -0.718. The molecule has 1 amide bonds. The van der Waals surface area contributed by atoms with Crippen LogP contribution in [0.25, 0.3) is 5.78 Å². The lowest BCUT2D eigenvalue weighted by atomic mass is 10.3. The van der Waals surface area contributed by atoms with Crippen LogP contribution in [0.1, 0.15) is 0 Å². The van der Waals surface area contributed by atoms with E-state index in [2.05, 4.69) is 25.6 Å². The highest BCUT2D eigenvalue weighted by Gasteiger charge is 2.11. The predicted octanol–water partition coefficient (Wildman–Crippen LogP) is 0.682. The number of para-hydroxylation sites is 1. The zero-order valence-electron chi connectivity index (χ0n) is 11.0. The van der Waals surface area contributed by atoms with E-state index < -0.39 is 17.3 Å². The third-order valence-electron chi connectivity index (χ3n) is 2.62. The fourth-order valence-electron chi connectivity index (χ4n) is 1.67. The van der Waals surface area contributed by atoms with Crippen LogP contribution in [-0.4, -0.2) is 36.5 Å². The molecule has 8 nitrogen and oxygen atoms in total. The molecule has 0 bridgehead atoms. The zero-order chi connectivity index (χ0) is 15.5. The number of aromatic amines is 1. The molecule has 0 spiro atoms. The number of carbonyl (C=O) groups excluding carboxylic acids is 1. The molecule has 10 heteroatoms. The molecule has 0 aliphatic carbocycles. The summed E-state index contributed by atoms with van der Waals surface area (Å²) in [7, 11) is 0. The number of nitrogens with zero attached hydrogens (tertiary/aromatic N) is 4. The molecule has 2 aromatic heterocycles. The largest absolute Gasteiger partial charge is 0.323 e. The number of hydrogen-bond donors (Lipinski definition) is 2. The number of H-pyrrole nitrogens is 1. The van der Waals surface area contributed by atoms with Crippen LogP contribution in [0, 0.1) is 5.82 Å². The summed E-state index contributed by atoms with van der Waals surface area (Å²) in [5.41, 5.74) is -0.282. The minimum absolute atomic E-state index is 0.00403. The molecule has 3 rings (SSSR count). The number of rotatable bonds is 4. The van der Waals surface area contributed by atoms with Crippen LogP contribution in [-0.2, 0) is 4.79 Å². The van der Waals surface area contributed by atoms with E-state index >= 15 is 0 Å². The molecule has 0 saturated carbocycles. The van der Waals surface area contributed by atoms with Gasteiger partial charge in [0, 0.05) is 0 Å². The highest BCUT2D eigenvalue weighted by Crippen LogP contribution is 2.16. The molecule has 0 fully saturated rings. The van der Waals surface area contributed by atoms with Gasteiger partial charge in [0.05, 0.1) is 11.4 Å². The summed E-state index contributed by atoms with van der Waals surface area (Å²) >= 11 is 1.07. The van der Waals surface area contributed by atoms with Crippen molar-refractivity contribution in [3.8, 4) is 0 Å². The molecule has 112 valence electrons. The Bertz CT molecular complexity index is 892. The number of thioether (sulfide) groups is 1. The van der Waals surface area contributed by atoms with Crippen LogP contribution >= 0.6 is 11.8 Å². The Labute approximate surface area is 126 Å². The molecule has 0 aliphatic rings. The van der Waals surface area contributed by atoms with Crippen LogP contribution < -0.4 is 10.9 Å². The second kappa shape index (κ2) is 5.93. The van der Waals surface area contributed by atoms with Gasteiger partial charge in [-0.15, -0.1) is 10.2 Å². The number of benzene rings is 1. The molecule has 2 N–H and O–H groups in total. The topological polar surface area (TPSA) is 105 Å². The Kier molecular flexibility index (Phi) is 3.83. The number of halogens is 1. The number of carbonyl (C=O) groups is 1. The summed E-state index contributed by atoms with van der Waals surface area (Å²) in [6, 6.07) is 5.89. The fraction of sp³-hybridized carbons (Fsp3) is 0.0833. The third kappa shape index (κ3) is 2.96. The number of amides is 1. The van der Waals surface area contributed by atoms with Crippen molar-refractivity contribution in [1.29, 1.82) is 0 Å². The summed E-state index contributed by atoms with van der Waals surface area (Å²) in [4.78, 5) is 25.4. The van der Waals surface area contributed by atoms with Crippen molar-refractivity contribution >= 4 is 29.1 Å². The highest BCUT2D eigenvalue weighted by atomic mass is 32.2. The molecule has 22 heavy (non-hydrogen) atoms. The number of fused-ring (bicyclic) bond motifs is 1. The van der Waals surface area contributed by atoms with E-state index in [-0.39, 0.29) is 17.2 Å². The van der Waals surface area contributed by atoms with Crippen molar-refractivity contribution in [3.63, 3.8) is 0 Å². The van der Waals surface area contributed by atoms with Crippen LogP contribution in [0.15, 0.2) is 40.4 Å². The van der Waals surface area contributed by atoms with E-state index in [0.717, 1.165) is 18.0 Å². The van der Waals surface area contributed by atoms with Gasteiger partial charge < -0.3 is 5.32 Å². The van der Waals surface area contributed by atoms with E-state index in [1.165, 1.54) is 22.7 Å². The molecule has 0 atom stereocenters. The van der Waals surface area contributed by atoms with Gasteiger partial charge in [0.2, 0.25) is 11.1 Å². The Hall–Kier alpha value is -2.75. The van der Waals surface area contributed by atoms with E-state index in [4.69, 9.17) is 0 Å². The summed E-state index contributed by atoms with van der Waals surface area (Å²) in [5, 5.41) is 14.2.